The Balaban J connectivity index is 0.000000861. The third kappa shape index (κ3) is 9.04. The molecule has 0 aliphatic heterocycles. The van der Waals surface area contributed by atoms with Crippen LogP contribution in [0.2, 0.25) is 0 Å². The molecule has 170 valence electrons. The summed E-state index contributed by atoms with van der Waals surface area (Å²) in [6.07, 6.45) is 3.04. The minimum atomic E-state index is -2.20. The van der Waals surface area contributed by atoms with Crippen molar-refractivity contribution in [3.05, 3.63) is 53.2 Å². The highest BCUT2D eigenvalue weighted by Crippen LogP contribution is 2.29. The van der Waals surface area contributed by atoms with Crippen molar-refractivity contribution in [1.82, 2.24) is 9.97 Å². The molecule has 0 radical (unpaired) electrons. The molecule has 1 heterocycles. The van der Waals surface area contributed by atoms with Crippen LogP contribution in [0.1, 0.15) is 56.6 Å². The van der Waals surface area contributed by atoms with Crippen LogP contribution < -0.4 is 0 Å². The summed E-state index contributed by atoms with van der Waals surface area (Å²) in [5.74, 6) is 0.505. The highest BCUT2D eigenvalue weighted by molar-refractivity contribution is 7.61. The lowest BCUT2D eigenvalue weighted by atomic mass is 9.97. The molecule has 0 amide bonds. The fraction of sp³-hybridized carbons (Fsp3) is 0.455. The molecule has 0 aliphatic carbocycles. The third-order valence-corrected chi connectivity index (χ3v) is 4.67. The second-order valence-electron chi connectivity index (χ2n) is 7.20. The van der Waals surface area contributed by atoms with Crippen LogP contribution in [-0.4, -0.2) is 47.9 Å². The first-order valence-electron chi connectivity index (χ1n) is 9.96. The largest absolute Gasteiger partial charge is 0.393 e. The van der Waals surface area contributed by atoms with Crippen LogP contribution >= 0.6 is 0 Å². The van der Waals surface area contributed by atoms with E-state index in [0.29, 0.717) is 17.9 Å². The molecule has 2 N–H and O–H groups in total. The van der Waals surface area contributed by atoms with E-state index in [1.54, 1.807) is 24.3 Å². The Kier molecular flexibility index (Phi) is 11.2. The summed E-state index contributed by atoms with van der Waals surface area (Å²) in [7, 11) is -0.986. The quantitative estimate of drug-likeness (QED) is 0.660. The molecule has 1 aromatic heterocycles. The van der Waals surface area contributed by atoms with Gasteiger partial charge in [-0.15, -0.1) is 0 Å². The number of rotatable bonds is 7. The van der Waals surface area contributed by atoms with Gasteiger partial charge in [-0.2, -0.15) is 12.8 Å². The number of aliphatic hydroxyl groups excluding tert-OH is 2. The predicted molar refractivity (Wildman–Crippen MR) is 119 cm³/mol. The Bertz CT molecular complexity index is 998. The zero-order valence-electron chi connectivity index (χ0n) is 18.4. The number of nitrogens with zero attached hydrogens (tertiary/aromatic N) is 3. The maximum Gasteiger partial charge on any atom is 0.310 e. The number of benzene rings is 1. The van der Waals surface area contributed by atoms with Crippen LogP contribution in [0.3, 0.4) is 0 Å². The lowest BCUT2D eigenvalue weighted by Gasteiger charge is -2.16. The third-order valence-electron chi connectivity index (χ3n) is 4.37. The van der Waals surface area contributed by atoms with Crippen molar-refractivity contribution in [1.29, 1.82) is 0 Å². The van der Waals surface area contributed by atoms with Crippen LogP contribution in [0.15, 0.2) is 34.7 Å². The highest BCUT2D eigenvalue weighted by atomic mass is 32.2. The number of hydrogen-bond donors (Lipinski definition) is 2. The molecule has 0 fully saturated rings. The predicted octanol–water partition coefficient (Wildman–Crippen LogP) is 3.93. The molecule has 1 aromatic carbocycles. The molecule has 0 saturated carbocycles. The minimum absolute atomic E-state index is 0.161. The van der Waals surface area contributed by atoms with Crippen LogP contribution in [-0.2, 0) is 10.5 Å². The monoisotopic (exact) mass is 451 g/mol. The Labute approximate surface area is 184 Å². The van der Waals surface area contributed by atoms with Gasteiger partial charge in [-0.05, 0) is 43.5 Å². The van der Waals surface area contributed by atoms with E-state index in [2.05, 4.69) is 14.3 Å². The van der Waals surface area contributed by atoms with Crippen molar-refractivity contribution in [2.45, 2.75) is 58.7 Å². The maximum atomic E-state index is 13.3. The van der Waals surface area contributed by atoms with E-state index < -0.39 is 22.7 Å². The molecule has 0 spiro atoms. The molecule has 9 heteroatoms. The van der Waals surface area contributed by atoms with Gasteiger partial charge in [0.25, 0.3) is 0 Å². The van der Waals surface area contributed by atoms with Crippen molar-refractivity contribution in [2.75, 3.05) is 7.05 Å². The molecular formula is C22H30FN3O4S. The van der Waals surface area contributed by atoms with Crippen LogP contribution in [0.4, 0.5) is 4.39 Å². The van der Waals surface area contributed by atoms with Gasteiger partial charge >= 0.3 is 10.5 Å². The first-order valence-corrected chi connectivity index (χ1v) is 11.0. The van der Waals surface area contributed by atoms with Crippen molar-refractivity contribution >= 4 is 16.6 Å². The van der Waals surface area contributed by atoms with Crippen LogP contribution in [0, 0.1) is 12.7 Å². The van der Waals surface area contributed by atoms with Crippen molar-refractivity contribution < 1.29 is 23.0 Å². The molecule has 31 heavy (non-hydrogen) atoms. The standard InChI is InChI=1S/C21H27FN2O2.CH3NO2S/c1-5-17(25)12-18(26)10-11-19-20(13(2)3)23-14(4)24-21(19)15-6-8-16(22)9-7-15;1-2-5(3)4/h6-11,13,17-18,25-26H,5,12H2,1-4H3;1H3/b11-10+;/t17-,18+;/m0./s1. The number of aliphatic hydroxyl groups is 2. The van der Waals surface area contributed by atoms with Crippen molar-refractivity contribution in [3.8, 4) is 11.3 Å². The van der Waals surface area contributed by atoms with E-state index in [1.807, 2.05) is 27.7 Å². The smallest absolute Gasteiger partial charge is 0.310 e. The van der Waals surface area contributed by atoms with Gasteiger partial charge in [-0.1, -0.05) is 32.9 Å². The zero-order valence-corrected chi connectivity index (χ0v) is 19.3. The first kappa shape index (κ1) is 26.5. The van der Waals surface area contributed by atoms with Gasteiger partial charge in [0.1, 0.15) is 11.6 Å². The van der Waals surface area contributed by atoms with Gasteiger partial charge in [-0.25, -0.2) is 14.4 Å². The maximum absolute atomic E-state index is 13.3. The van der Waals surface area contributed by atoms with E-state index in [4.69, 9.17) is 0 Å². The van der Waals surface area contributed by atoms with E-state index in [0.717, 1.165) is 16.8 Å². The molecule has 2 rings (SSSR count). The molecule has 0 aliphatic rings. The minimum Gasteiger partial charge on any atom is -0.393 e. The summed E-state index contributed by atoms with van der Waals surface area (Å²) in [4.78, 5) is 9.12. The number of aryl methyl sites for hydroxylation is 1. The Hall–Kier alpha value is -2.49. The van der Waals surface area contributed by atoms with Gasteiger partial charge in [0.2, 0.25) is 0 Å². The van der Waals surface area contributed by atoms with E-state index in [-0.39, 0.29) is 18.2 Å². The normalized spacial score (nSPS) is 12.9. The Morgan fingerprint density at radius 2 is 1.74 bits per heavy atom. The van der Waals surface area contributed by atoms with Crippen LogP contribution in [0.5, 0.6) is 0 Å². The van der Waals surface area contributed by atoms with Crippen LogP contribution in [0.25, 0.3) is 17.3 Å². The Morgan fingerprint density at radius 3 is 2.23 bits per heavy atom. The fourth-order valence-corrected chi connectivity index (χ4v) is 2.77. The zero-order chi connectivity index (χ0) is 23.6. The van der Waals surface area contributed by atoms with E-state index >= 15 is 0 Å². The summed E-state index contributed by atoms with van der Waals surface area (Å²) >= 11 is 0. The number of hydrogen-bond acceptors (Lipinski definition) is 7. The second-order valence-corrected chi connectivity index (χ2v) is 8.00. The molecule has 7 nitrogen and oxygen atoms in total. The fourth-order valence-electron chi connectivity index (χ4n) is 2.77. The highest BCUT2D eigenvalue weighted by Gasteiger charge is 2.16. The second kappa shape index (κ2) is 13.0. The van der Waals surface area contributed by atoms with Gasteiger partial charge < -0.3 is 10.2 Å². The number of aromatic nitrogens is 2. The average Bonchev–Trinajstić information content (AvgIpc) is 2.73. The molecule has 0 bridgehead atoms. The molecule has 0 unspecified atom stereocenters. The first-order chi connectivity index (χ1) is 14.6. The lowest BCUT2D eigenvalue weighted by Crippen LogP contribution is -2.14. The summed E-state index contributed by atoms with van der Waals surface area (Å²) in [5.41, 5.74) is 3.18. The topological polar surface area (TPSA) is 113 Å². The number of halogens is 1. The molecule has 0 saturated heterocycles. The van der Waals surface area contributed by atoms with E-state index in [9.17, 15) is 23.0 Å². The van der Waals surface area contributed by atoms with Gasteiger partial charge in [0.05, 0.1) is 23.6 Å². The lowest BCUT2D eigenvalue weighted by molar-refractivity contribution is 0.102. The van der Waals surface area contributed by atoms with Gasteiger partial charge in [0.15, 0.2) is 0 Å². The average molecular weight is 452 g/mol. The van der Waals surface area contributed by atoms with E-state index in [1.165, 1.54) is 19.2 Å². The van der Waals surface area contributed by atoms with Crippen molar-refractivity contribution in [3.63, 3.8) is 0 Å². The summed E-state index contributed by atoms with van der Waals surface area (Å²) in [6.45, 7) is 7.80. The van der Waals surface area contributed by atoms with Crippen molar-refractivity contribution in [2.24, 2.45) is 4.36 Å². The SMILES string of the molecule is CC[C@H](O)C[C@H](O)/C=C/c1c(-c2ccc(F)cc2)nc(C)nc1C(C)C.CN=S(=O)=O. The Morgan fingerprint density at radius 1 is 1.16 bits per heavy atom. The van der Waals surface area contributed by atoms with Gasteiger partial charge in [0, 0.05) is 24.6 Å². The summed E-state index contributed by atoms with van der Waals surface area (Å²) in [6, 6.07) is 6.19. The summed E-state index contributed by atoms with van der Waals surface area (Å²) < 4.78 is 34.5. The molecule has 2 atom stereocenters. The molecular weight excluding hydrogens is 421 g/mol. The molecule has 2 aromatic rings. The summed E-state index contributed by atoms with van der Waals surface area (Å²) in [5, 5.41) is 19.9. The van der Waals surface area contributed by atoms with Gasteiger partial charge in [-0.3, -0.25) is 0 Å².